The quantitative estimate of drug-likeness (QED) is 0.533. The third-order valence-electron chi connectivity index (χ3n) is 5.47. The van der Waals surface area contributed by atoms with Crippen molar-refractivity contribution in [3.63, 3.8) is 0 Å². The summed E-state index contributed by atoms with van der Waals surface area (Å²) in [6.07, 6.45) is 0. The standard InChI is InChI=1S/C26H24ClN3O2/c1-16-8-9-17(2)22(14-16)28-24-23(18-10-12-19(27)13-11-18)25(31)30(26(24)32)21-7-5-6-20(15-21)29(3)4/h5-15,28H,1-4H3. The third kappa shape index (κ3) is 3.99. The van der Waals surface area contributed by atoms with Gasteiger partial charge in [-0.1, -0.05) is 41.9 Å². The Bertz CT molecular complexity index is 1250. The number of carbonyl (C=O) groups is 2. The highest BCUT2D eigenvalue weighted by molar-refractivity contribution is 6.46. The van der Waals surface area contributed by atoms with Gasteiger partial charge < -0.3 is 10.2 Å². The molecule has 0 fully saturated rings. The van der Waals surface area contributed by atoms with E-state index in [0.29, 0.717) is 21.8 Å². The van der Waals surface area contributed by atoms with Crippen LogP contribution in [-0.2, 0) is 9.59 Å². The van der Waals surface area contributed by atoms with E-state index in [4.69, 9.17) is 11.6 Å². The van der Waals surface area contributed by atoms with Crippen LogP contribution < -0.4 is 15.1 Å². The van der Waals surface area contributed by atoms with E-state index in [-0.39, 0.29) is 11.6 Å². The van der Waals surface area contributed by atoms with Crippen LogP contribution in [0.15, 0.2) is 72.4 Å². The lowest BCUT2D eigenvalue weighted by atomic mass is 10.0. The minimum Gasteiger partial charge on any atom is -0.378 e. The summed E-state index contributed by atoms with van der Waals surface area (Å²) in [6, 6.07) is 20.3. The fraction of sp³-hybridized carbons (Fsp3) is 0.154. The molecule has 1 aliphatic rings. The maximum absolute atomic E-state index is 13.6. The van der Waals surface area contributed by atoms with Crippen LogP contribution in [0.25, 0.3) is 5.57 Å². The van der Waals surface area contributed by atoms with Gasteiger partial charge in [0.05, 0.1) is 11.3 Å². The van der Waals surface area contributed by atoms with Crippen LogP contribution in [0, 0.1) is 13.8 Å². The molecule has 1 N–H and O–H groups in total. The van der Waals surface area contributed by atoms with Gasteiger partial charge in [0.2, 0.25) is 0 Å². The largest absolute Gasteiger partial charge is 0.378 e. The summed E-state index contributed by atoms with van der Waals surface area (Å²) in [6.45, 7) is 3.95. The number of benzene rings is 3. The predicted molar refractivity (Wildman–Crippen MR) is 131 cm³/mol. The lowest BCUT2D eigenvalue weighted by molar-refractivity contribution is -0.120. The Balaban J connectivity index is 1.84. The molecule has 162 valence electrons. The van der Waals surface area contributed by atoms with Gasteiger partial charge in [-0.05, 0) is 66.9 Å². The van der Waals surface area contributed by atoms with Crippen LogP contribution in [0.4, 0.5) is 17.1 Å². The van der Waals surface area contributed by atoms with Crippen LogP contribution in [0.3, 0.4) is 0 Å². The molecule has 3 aromatic carbocycles. The van der Waals surface area contributed by atoms with Gasteiger partial charge in [-0.25, -0.2) is 4.90 Å². The third-order valence-corrected chi connectivity index (χ3v) is 5.73. The first-order chi connectivity index (χ1) is 15.3. The Morgan fingerprint density at radius 2 is 1.59 bits per heavy atom. The smallest absolute Gasteiger partial charge is 0.282 e. The predicted octanol–water partition coefficient (Wildman–Crippen LogP) is 5.42. The van der Waals surface area contributed by atoms with Crippen molar-refractivity contribution in [3.8, 4) is 0 Å². The number of amides is 2. The zero-order valence-electron chi connectivity index (χ0n) is 18.4. The molecular formula is C26H24ClN3O2. The van der Waals surface area contributed by atoms with E-state index >= 15 is 0 Å². The summed E-state index contributed by atoms with van der Waals surface area (Å²) in [7, 11) is 3.83. The molecule has 1 aliphatic heterocycles. The molecule has 0 bridgehead atoms. The van der Waals surface area contributed by atoms with Gasteiger partial charge in [-0.15, -0.1) is 0 Å². The van der Waals surface area contributed by atoms with E-state index in [1.807, 2.05) is 69.2 Å². The van der Waals surface area contributed by atoms with Gasteiger partial charge >= 0.3 is 0 Å². The maximum atomic E-state index is 13.6. The van der Waals surface area contributed by atoms with Gasteiger partial charge in [0, 0.05) is 30.5 Å². The van der Waals surface area contributed by atoms with Gasteiger partial charge in [0.25, 0.3) is 11.8 Å². The first kappa shape index (κ1) is 21.7. The molecule has 0 unspecified atom stereocenters. The molecule has 0 saturated carbocycles. The summed E-state index contributed by atoms with van der Waals surface area (Å²) in [5.41, 5.74) is 5.45. The number of rotatable bonds is 5. The Morgan fingerprint density at radius 3 is 2.28 bits per heavy atom. The molecule has 0 aliphatic carbocycles. The Morgan fingerprint density at radius 1 is 0.875 bits per heavy atom. The topological polar surface area (TPSA) is 52.7 Å². The van der Waals surface area contributed by atoms with E-state index in [1.165, 1.54) is 4.90 Å². The Kier molecular flexibility index (Phi) is 5.76. The van der Waals surface area contributed by atoms with E-state index in [1.54, 1.807) is 30.3 Å². The summed E-state index contributed by atoms with van der Waals surface area (Å²) >= 11 is 6.06. The zero-order valence-corrected chi connectivity index (χ0v) is 19.2. The van der Waals surface area contributed by atoms with Crippen LogP contribution in [-0.4, -0.2) is 25.9 Å². The van der Waals surface area contributed by atoms with Crippen LogP contribution in [0.2, 0.25) is 5.02 Å². The first-order valence-corrected chi connectivity index (χ1v) is 10.6. The molecule has 1 heterocycles. The fourth-order valence-corrected chi connectivity index (χ4v) is 3.81. The second-order valence-corrected chi connectivity index (χ2v) is 8.50. The minimum atomic E-state index is -0.392. The highest BCUT2D eigenvalue weighted by atomic mass is 35.5. The highest BCUT2D eigenvalue weighted by Crippen LogP contribution is 2.35. The van der Waals surface area contributed by atoms with Gasteiger partial charge in [-0.3, -0.25) is 9.59 Å². The molecule has 0 spiro atoms. The lowest BCUT2D eigenvalue weighted by Crippen LogP contribution is -2.32. The van der Waals surface area contributed by atoms with E-state index in [2.05, 4.69) is 5.32 Å². The van der Waals surface area contributed by atoms with Crippen molar-refractivity contribution < 1.29 is 9.59 Å². The average molecular weight is 446 g/mol. The number of hydrogen-bond acceptors (Lipinski definition) is 4. The monoisotopic (exact) mass is 445 g/mol. The normalized spacial score (nSPS) is 13.7. The SMILES string of the molecule is Cc1ccc(C)c(NC2=C(c3ccc(Cl)cc3)C(=O)N(c3cccc(N(C)C)c3)C2=O)c1. The maximum Gasteiger partial charge on any atom is 0.282 e. The summed E-state index contributed by atoms with van der Waals surface area (Å²) in [4.78, 5) is 30.3. The van der Waals surface area contributed by atoms with Crippen molar-refractivity contribution in [1.82, 2.24) is 0 Å². The second kappa shape index (κ2) is 8.52. The number of nitrogens with zero attached hydrogens (tertiary/aromatic N) is 2. The average Bonchev–Trinajstić information content (AvgIpc) is 3.01. The first-order valence-electron chi connectivity index (χ1n) is 10.3. The summed E-state index contributed by atoms with van der Waals surface area (Å²) in [5.74, 6) is -0.766. The van der Waals surface area contributed by atoms with Gasteiger partial charge in [0.1, 0.15) is 5.70 Å². The van der Waals surface area contributed by atoms with Crippen molar-refractivity contribution >= 4 is 46.1 Å². The number of carbonyl (C=O) groups excluding carboxylic acids is 2. The molecule has 5 nitrogen and oxygen atoms in total. The minimum absolute atomic E-state index is 0.251. The van der Waals surface area contributed by atoms with Crippen LogP contribution in [0.1, 0.15) is 16.7 Å². The summed E-state index contributed by atoms with van der Waals surface area (Å²) < 4.78 is 0. The Hall–Kier alpha value is -3.57. The second-order valence-electron chi connectivity index (χ2n) is 8.06. The number of halogens is 1. The van der Waals surface area contributed by atoms with Crippen molar-refractivity contribution in [2.24, 2.45) is 0 Å². The zero-order chi connectivity index (χ0) is 23.0. The molecular weight excluding hydrogens is 422 g/mol. The van der Waals surface area contributed by atoms with Crippen molar-refractivity contribution in [2.45, 2.75) is 13.8 Å². The van der Waals surface area contributed by atoms with Crippen molar-refractivity contribution in [2.75, 3.05) is 29.2 Å². The summed E-state index contributed by atoms with van der Waals surface area (Å²) in [5, 5.41) is 3.82. The van der Waals surface area contributed by atoms with Crippen molar-refractivity contribution in [1.29, 1.82) is 0 Å². The van der Waals surface area contributed by atoms with Crippen molar-refractivity contribution in [3.05, 3.63) is 94.1 Å². The van der Waals surface area contributed by atoms with E-state index in [0.717, 1.165) is 22.5 Å². The number of aryl methyl sites for hydroxylation is 2. The molecule has 0 atom stereocenters. The number of nitrogens with one attached hydrogen (secondary N) is 1. The highest BCUT2D eigenvalue weighted by Gasteiger charge is 2.40. The lowest BCUT2D eigenvalue weighted by Gasteiger charge is -2.19. The molecule has 6 heteroatoms. The number of imide groups is 1. The number of anilines is 3. The van der Waals surface area contributed by atoms with Crippen LogP contribution in [0.5, 0.6) is 0 Å². The molecule has 0 aromatic heterocycles. The van der Waals surface area contributed by atoms with Gasteiger partial charge in [-0.2, -0.15) is 0 Å². The molecule has 0 radical (unpaired) electrons. The fourth-order valence-electron chi connectivity index (χ4n) is 3.68. The molecule has 3 aromatic rings. The Labute approximate surface area is 192 Å². The number of hydrogen-bond donors (Lipinski definition) is 1. The molecule has 2 amide bonds. The molecule has 0 saturated heterocycles. The molecule has 4 rings (SSSR count). The molecule has 32 heavy (non-hydrogen) atoms. The van der Waals surface area contributed by atoms with Crippen LogP contribution >= 0.6 is 11.6 Å². The van der Waals surface area contributed by atoms with Gasteiger partial charge in [0.15, 0.2) is 0 Å². The van der Waals surface area contributed by atoms with E-state index in [9.17, 15) is 9.59 Å². The van der Waals surface area contributed by atoms with E-state index < -0.39 is 5.91 Å².